The summed E-state index contributed by atoms with van der Waals surface area (Å²) in [5.41, 5.74) is 0. The van der Waals surface area contributed by atoms with Gasteiger partial charge < -0.3 is 10.2 Å². The first-order valence-electron chi connectivity index (χ1n) is 6.74. The molecule has 1 aliphatic heterocycles. The maximum absolute atomic E-state index is 3.81. The van der Waals surface area contributed by atoms with Crippen LogP contribution in [0.4, 0.5) is 0 Å². The number of allylic oxidation sites excluding steroid dienone is 1. The van der Waals surface area contributed by atoms with E-state index < -0.39 is 0 Å². The maximum Gasteiger partial charge on any atom is 0.00674 e. The number of rotatable bonds is 7. The molecule has 0 saturated carbocycles. The fourth-order valence-electron chi connectivity index (χ4n) is 2.39. The Balaban J connectivity index is 2.17. The fourth-order valence-corrected chi connectivity index (χ4v) is 2.39. The monoisotopic (exact) mass is 224 g/mol. The molecule has 0 spiro atoms. The molecule has 2 heteroatoms. The normalized spacial score (nSPS) is 25.6. The van der Waals surface area contributed by atoms with Crippen LogP contribution in [0.2, 0.25) is 0 Å². The summed E-state index contributed by atoms with van der Waals surface area (Å²) in [5.74, 6) is 1.56. The first-order valence-corrected chi connectivity index (χ1v) is 6.74. The number of likely N-dealkylation sites (tertiary alicyclic amines) is 1. The number of nitrogens with one attached hydrogen (secondary N) is 1. The molecule has 0 aromatic rings. The van der Waals surface area contributed by atoms with Gasteiger partial charge >= 0.3 is 0 Å². The van der Waals surface area contributed by atoms with Crippen LogP contribution in [0.1, 0.15) is 33.6 Å². The molecule has 3 atom stereocenters. The molecule has 2 nitrogen and oxygen atoms in total. The molecule has 1 aliphatic rings. The second kappa shape index (κ2) is 7.08. The minimum absolute atomic E-state index is 0.605. The molecule has 1 heterocycles. The van der Waals surface area contributed by atoms with Crippen LogP contribution in [0.25, 0.3) is 0 Å². The molecule has 1 rings (SSSR count). The van der Waals surface area contributed by atoms with Crippen LogP contribution in [0.15, 0.2) is 12.7 Å². The van der Waals surface area contributed by atoms with Crippen LogP contribution in [-0.4, -0.2) is 37.1 Å². The Bertz CT molecular complexity index is 203. The smallest absolute Gasteiger partial charge is 0.00674 e. The second-order valence-electron chi connectivity index (χ2n) is 5.25. The molecule has 1 fully saturated rings. The third kappa shape index (κ3) is 4.26. The number of hydrogen-bond donors (Lipinski definition) is 1. The van der Waals surface area contributed by atoms with E-state index in [1.165, 1.54) is 32.6 Å². The zero-order valence-corrected chi connectivity index (χ0v) is 11.2. The molecule has 0 aromatic heterocycles. The zero-order valence-electron chi connectivity index (χ0n) is 11.2. The highest BCUT2D eigenvalue weighted by Gasteiger charge is 2.21. The molecular formula is C14H28N2. The summed E-state index contributed by atoms with van der Waals surface area (Å²) in [7, 11) is 0. The van der Waals surface area contributed by atoms with Gasteiger partial charge in [-0.15, -0.1) is 6.58 Å². The third-order valence-electron chi connectivity index (χ3n) is 3.94. The molecule has 0 amide bonds. The van der Waals surface area contributed by atoms with Crippen LogP contribution in [-0.2, 0) is 0 Å². The maximum atomic E-state index is 3.81. The lowest BCUT2D eigenvalue weighted by molar-refractivity contribution is 0.325. The molecule has 1 N–H and O–H groups in total. The van der Waals surface area contributed by atoms with Crippen LogP contribution in [0, 0.1) is 11.8 Å². The van der Waals surface area contributed by atoms with E-state index in [4.69, 9.17) is 0 Å². The largest absolute Gasteiger partial charge is 0.314 e. The summed E-state index contributed by atoms with van der Waals surface area (Å²) in [6.07, 6.45) is 4.50. The van der Waals surface area contributed by atoms with Crippen molar-refractivity contribution in [2.24, 2.45) is 11.8 Å². The lowest BCUT2D eigenvalue weighted by atomic mass is 9.99. The van der Waals surface area contributed by atoms with Crippen molar-refractivity contribution in [3.63, 3.8) is 0 Å². The van der Waals surface area contributed by atoms with Crippen molar-refractivity contribution in [1.29, 1.82) is 0 Å². The summed E-state index contributed by atoms with van der Waals surface area (Å²) in [6.45, 7) is 15.6. The minimum atomic E-state index is 0.605. The fraction of sp³-hybridized carbons (Fsp3) is 0.857. The Labute approximate surface area is 101 Å². The lowest BCUT2D eigenvalue weighted by Gasteiger charge is -2.22. The molecule has 16 heavy (non-hydrogen) atoms. The van der Waals surface area contributed by atoms with Crippen molar-refractivity contribution in [2.75, 3.05) is 26.2 Å². The standard InChI is InChI=1S/C14H28N2/c1-5-7-12(3)13(4)15-10-14-8-9-16(6-2)11-14/h5,12-15H,1,6-11H2,2-4H3. The van der Waals surface area contributed by atoms with Crippen LogP contribution in [0.5, 0.6) is 0 Å². The second-order valence-corrected chi connectivity index (χ2v) is 5.25. The Kier molecular flexibility index (Phi) is 6.07. The highest BCUT2D eigenvalue weighted by molar-refractivity contribution is 4.81. The topological polar surface area (TPSA) is 15.3 Å². The minimum Gasteiger partial charge on any atom is -0.314 e. The predicted octanol–water partition coefficient (Wildman–Crippen LogP) is 2.52. The number of nitrogens with zero attached hydrogens (tertiary/aromatic N) is 1. The molecule has 1 saturated heterocycles. The van der Waals surface area contributed by atoms with Gasteiger partial charge in [0, 0.05) is 12.6 Å². The molecule has 0 aromatic carbocycles. The van der Waals surface area contributed by atoms with Crippen molar-refractivity contribution in [2.45, 2.75) is 39.7 Å². The summed E-state index contributed by atoms with van der Waals surface area (Å²) in [6, 6.07) is 0.605. The van der Waals surface area contributed by atoms with Crippen molar-refractivity contribution < 1.29 is 0 Å². The summed E-state index contributed by atoms with van der Waals surface area (Å²) in [5, 5.41) is 3.68. The molecular weight excluding hydrogens is 196 g/mol. The third-order valence-corrected chi connectivity index (χ3v) is 3.94. The first-order chi connectivity index (χ1) is 7.67. The van der Waals surface area contributed by atoms with Crippen LogP contribution < -0.4 is 5.32 Å². The van der Waals surface area contributed by atoms with Gasteiger partial charge in [-0.1, -0.05) is 19.9 Å². The van der Waals surface area contributed by atoms with Gasteiger partial charge in [-0.05, 0) is 51.2 Å². The van der Waals surface area contributed by atoms with E-state index >= 15 is 0 Å². The average molecular weight is 224 g/mol. The van der Waals surface area contributed by atoms with Crippen molar-refractivity contribution >= 4 is 0 Å². The van der Waals surface area contributed by atoms with Gasteiger partial charge in [0.2, 0.25) is 0 Å². The summed E-state index contributed by atoms with van der Waals surface area (Å²) < 4.78 is 0. The van der Waals surface area contributed by atoms with Crippen molar-refractivity contribution in [3.05, 3.63) is 12.7 Å². The molecule has 0 bridgehead atoms. The number of hydrogen-bond acceptors (Lipinski definition) is 2. The van der Waals surface area contributed by atoms with E-state index in [1.54, 1.807) is 0 Å². The van der Waals surface area contributed by atoms with E-state index in [0.717, 1.165) is 12.3 Å². The van der Waals surface area contributed by atoms with E-state index in [-0.39, 0.29) is 0 Å². The van der Waals surface area contributed by atoms with Crippen molar-refractivity contribution in [3.8, 4) is 0 Å². The van der Waals surface area contributed by atoms with Gasteiger partial charge in [-0.2, -0.15) is 0 Å². The SMILES string of the molecule is C=CCC(C)C(C)NCC1CCN(CC)C1. The Morgan fingerprint density at radius 2 is 2.25 bits per heavy atom. The average Bonchev–Trinajstić information content (AvgIpc) is 2.74. The van der Waals surface area contributed by atoms with E-state index in [0.29, 0.717) is 12.0 Å². The van der Waals surface area contributed by atoms with Gasteiger partial charge in [0.25, 0.3) is 0 Å². The molecule has 3 unspecified atom stereocenters. The van der Waals surface area contributed by atoms with E-state index in [9.17, 15) is 0 Å². The summed E-state index contributed by atoms with van der Waals surface area (Å²) in [4.78, 5) is 2.55. The summed E-state index contributed by atoms with van der Waals surface area (Å²) >= 11 is 0. The molecule has 94 valence electrons. The van der Waals surface area contributed by atoms with Crippen molar-refractivity contribution in [1.82, 2.24) is 10.2 Å². The first kappa shape index (κ1) is 13.7. The predicted molar refractivity (Wildman–Crippen MR) is 71.7 cm³/mol. The highest BCUT2D eigenvalue weighted by Crippen LogP contribution is 2.16. The van der Waals surface area contributed by atoms with Crippen LogP contribution >= 0.6 is 0 Å². The Morgan fingerprint density at radius 3 is 2.81 bits per heavy atom. The van der Waals surface area contributed by atoms with Gasteiger partial charge in [-0.3, -0.25) is 0 Å². The Morgan fingerprint density at radius 1 is 1.50 bits per heavy atom. The van der Waals surface area contributed by atoms with Crippen LogP contribution in [0.3, 0.4) is 0 Å². The van der Waals surface area contributed by atoms with Gasteiger partial charge in [0.1, 0.15) is 0 Å². The van der Waals surface area contributed by atoms with E-state index in [2.05, 4.69) is 37.6 Å². The Hall–Kier alpha value is -0.340. The van der Waals surface area contributed by atoms with Gasteiger partial charge in [-0.25, -0.2) is 0 Å². The zero-order chi connectivity index (χ0) is 12.0. The van der Waals surface area contributed by atoms with Gasteiger partial charge in [0.15, 0.2) is 0 Å². The lowest BCUT2D eigenvalue weighted by Crippen LogP contribution is -2.36. The molecule has 0 aliphatic carbocycles. The quantitative estimate of drug-likeness (QED) is 0.669. The molecule has 0 radical (unpaired) electrons. The van der Waals surface area contributed by atoms with E-state index in [1.807, 2.05) is 6.08 Å². The van der Waals surface area contributed by atoms with Gasteiger partial charge in [0.05, 0.1) is 0 Å². The highest BCUT2D eigenvalue weighted by atomic mass is 15.1.